The zero-order chi connectivity index (χ0) is 9.14. The first-order valence-corrected chi connectivity index (χ1v) is 3.21. The molecular weight excluding hydrogens is 162 g/mol. The Labute approximate surface area is 68.2 Å². The molecule has 0 fully saturated rings. The van der Waals surface area contributed by atoms with Crippen LogP contribution in [0.1, 0.15) is 11.6 Å². The van der Waals surface area contributed by atoms with E-state index in [4.69, 9.17) is 11.0 Å². The Morgan fingerprint density at radius 2 is 2.08 bits per heavy atom. The molecule has 0 spiro atoms. The lowest BCUT2D eigenvalue weighted by Gasteiger charge is -2.03. The van der Waals surface area contributed by atoms with Crippen molar-refractivity contribution in [3.8, 4) is 6.07 Å². The summed E-state index contributed by atoms with van der Waals surface area (Å²) < 4.78 is 25.3. The van der Waals surface area contributed by atoms with Gasteiger partial charge in [-0.25, -0.2) is 14.5 Å². The van der Waals surface area contributed by atoms with E-state index in [2.05, 4.69) is 0 Å². The summed E-state index contributed by atoms with van der Waals surface area (Å²) in [5.41, 5.74) is 6.81. The molecule has 1 aromatic rings. The Kier molecular flexibility index (Phi) is 2.36. The lowest BCUT2D eigenvalue weighted by atomic mass is 10.1. The van der Waals surface area contributed by atoms with E-state index in [0.717, 1.165) is 6.07 Å². The first kappa shape index (κ1) is 8.62. The second-order valence-corrected chi connectivity index (χ2v) is 2.21. The molecule has 1 unspecified atom stereocenters. The highest BCUT2D eigenvalue weighted by Gasteiger charge is 2.13. The predicted octanol–water partition coefficient (Wildman–Crippen LogP) is 1.81. The van der Waals surface area contributed by atoms with Crippen molar-refractivity contribution in [2.24, 2.45) is 0 Å². The molecule has 1 atom stereocenters. The largest absolute Gasteiger partial charge is 0.235 e. The van der Waals surface area contributed by atoms with Crippen LogP contribution in [0, 0.1) is 23.0 Å². The topological polar surface area (TPSA) is 47.6 Å². The Balaban J connectivity index is 3.18. The second-order valence-electron chi connectivity index (χ2n) is 2.21. The van der Waals surface area contributed by atoms with Gasteiger partial charge in [-0.15, -0.1) is 0 Å². The van der Waals surface area contributed by atoms with Crippen LogP contribution >= 0.6 is 0 Å². The van der Waals surface area contributed by atoms with Gasteiger partial charge in [-0.2, -0.15) is 5.26 Å². The number of hydrogen-bond donors (Lipinski definition) is 0. The van der Waals surface area contributed by atoms with E-state index in [9.17, 15) is 8.78 Å². The minimum absolute atomic E-state index is 0.225. The quantitative estimate of drug-likeness (QED) is 0.629. The Morgan fingerprint density at radius 3 is 2.67 bits per heavy atom. The highest BCUT2D eigenvalue weighted by molar-refractivity contribution is 5.25. The molecule has 0 saturated heterocycles. The van der Waals surface area contributed by atoms with Crippen molar-refractivity contribution in [1.82, 2.24) is 5.73 Å². The van der Waals surface area contributed by atoms with Gasteiger partial charge in [0.25, 0.3) is 0 Å². The first-order chi connectivity index (χ1) is 5.66. The van der Waals surface area contributed by atoms with Crippen LogP contribution in [0.25, 0.3) is 0 Å². The lowest BCUT2D eigenvalue weighted by Crippen LogP contribution is -2.01. The minimum Gasteiger partial charge on any atom is -0.235 e. The number of rotatable bonds is 1. The summed E-state index contributed by atoms with van der Waals surface area (Å²) in [5, 5.41) is 8.28. The van der Waals surface area contributed by atoms with Crippen LogP contribution < -0.4 is 5.73 Å². The van der Waals surface area contributed by atoms with Crippen molar-refractivity contribution in [1.29, 1.82) is 5.26 Å². The molecule has 0 saturated carbocycles. The number of nitrogens with one attached hydrogen (secondary N) is 1. The molecule has 1 N–H and O–H groups in total. The van der Waals surface area contributed by atoms with Crippen molar-refractivity contribution >= 4 is 0 Å². The fourth-order valence-corrected chi connectivity index (χ4v) is 0.813. The molecule has 4 heteroatoms. The number of benzene rings is 1. The summed E-state index contributed by atoms with van der Waals surface area (Å²) in [5.74, 6) is -2.14. The van der Waals surface area contributed by atoms with Crippen molar-refractivity contribution in [3.05, 3.63) is 35.4 Å². The minimum atomic E-state index is -1.36. The van der Waals surface area contributed by atoms with Crippen LogP contribution in [0.15, 0.2) is 18.2 Å². The molecule has 61 valence electrons. The molecule has 1 radical (unpaired) electrons. The normalized spacial score (nSPS) is 12.2. The third-order valence-electron chi connectivity index (χ3n) is 1.42. The SMILES string of the molecule is N#CC([NH])c1cccc(F)c1F. The Bertz CT molecular complexity index is 330. The van der Waals surface area contributed by atoms with E-state index in [1.54, 1.807) is 0 Å². The summed E-state index contributed by atoms with van der Waals surface area (Å²) in [6, 6.07) is 3.59. The highest BCUT2D eigenvalue weighted by Crippen LogP contribution is 2.17. The van der Waals surface area contributed by atoms with Crippen molar-refractivity contribution in [3.63, 3.8) is 0 Å². The molecular formula is C8H5F2N2. The summed E-state index contributed by atoms with van der Waals surface area (Å²) in [6.45, 7) is 0. The monoisotopic (exact) mass is 167 g/mol. The van der Waals surface area contributed by atoms with Gasteiger partial charge in [0.2, 0.25) is 0 Å². The number of hydrogen-bond acceptors (Lipinski definition) is 1. The van der Waals surface area contributed by atoms with Crippen LogP contribution in [0.4, 0.5) is 8.78 Å². The third-order valence-corrected chi connectivity index (χ3v) is 1.42. The van der Waals surface area contributed by atoms with E-state index < -0.39 is 17.7 Å². The maximum Gasteiger partial charge on any atom is 0.164 e. The second kappa shape index (κ2) is 3.28. The van der Waals surface area contributed by atoms with Crippen molar-refractivity contribution < 1.29 is 8.78 Å². The number of nitriles is 1. The van der Waals surface area contributed by atoms with Gasteiger partial charge in [0.15, 0.2) is 11.6 Å². The van der Waals surface area contributed by atoms with Crippen LogP contribution in [0.5, 0.6) is 0 Å². The average Bonchev–Trinajstić information content (AvgIpc) is 2.08. The zero-order valence-electron chi connectivity index (χ0n) is 6.01. The molecule has 0 aromatic heterocycles. The summed E-state index contributed by atoms with van der Waals surface area (Å²) in [4.78, 5) is 0. The van der Waals surface area contributed by atoms with Crippen LogP contribution in [-0.2, 0) is 0 Å². The molecule has 1 aromatic carbocycles. The lowest BCUT2D eigenvalue weighted by molar-refractivity contribution is 0.495. The molecule has 0 aliphatic rings. The van der Waals surface area contributed by atoms with Gasteiger partial charge in [-0.3, -0.25) is 0 Å². The molecule has 0 aliphatic heterocycles. The van der Waals surface area contributed by atoms with Crippen LogP contribution in [-0.4, -0.2) is 0 Å². The standard InChI is InChI=1S/C8H5F2N2/c9-6-3-1-2-5(8(6)10)7(12)4-11/h1-3,7,12H. The van der Waals surface area contributed by atoms with Gasteiger partial charge < -0.3 is 0 Å². The van der Waals surface area contributed by atoms with E-state index in [-0.39, 0.29) is 5.56 Å². The number of halogens is 2. The molecule has 2 nitrogen and oxygen atoms in total. The number of nitrogens with zero attached hydrogens (tertiary/aromatic N) is 1. The highest BCUT2D eigenvalue weighted by atomic mass is 19.2. The zero-order valence-corrected chi connectivity index (χ0v) is 6.01. The summed E-state index contributed by atoms with van der Waals surface area (Å²) in [7, 11) is 0. The maximum atomic E-state index is 12.8. The van der Waals surface area contributed by atoms with E-state index in [0.29, 0.717) is 0 Å². The fourth-order valence-electron chi connectivity index (χ4n) is 0.813. The van der Waals surface area contributed by atoms with Gasteiger partial charge in [0, 0.05) is 5.56 Å². The van der Waals surface area contributed by atoms with Gasteiger partial charge in [0.05, 0.1) is 6.07 Å². The van der Waals surface area contributed by atoms with Gasteiger partial charge >= 0.3 is 0 Å². The Hall–Kier alpha value is -1.47. The third kappa shape index (κ3) is 1.41. The first-order valence-electron chi connectivity index (χ1n) is 3.21. The van der Waals surface area contributed by atoms with Gasteiger partial charge in [-0.05, 0) is 6.07 Å². The Morgan fingerprint density at radius 1 is 1.42 bits per heavy atom. The summed E-state index contributed by atoms with van der Waals surface area (Å²) in [6.07, 6.45) is 0. The van der Waals surface area contributed by atoms with Crippen molar-refractivity contribution in [2.75, 3.05) is 0 Å². The van der Waals surface area contributed by atoms with Gasteiger partial charge in [0.1, 0.15) is 6.04 Å². The molecule has 0 aliphatic carbocycles. The van der Waals surface area contributed by atoms with Crippen LogP contribution in [0.3, 0.4) is 0 Å². The van der Waals surface area contributed by atoms with Crippen molar-refractivity contribution in [2.45, 2.75) is 6.04 Å². The molecule has 1 rings (SSSR count). The summed E-state index contributed by atoms with van der Waals surface area (Å²) >= 11 is 0. The maximum absolute atomic E-state index is 12.8. The fraction of sp³-hybridized carbons (Fsp3) is 0.125. The van der Waals surface area contributed by atoms with Gasteiger partial charge in [-0.1, -0.05) is 12.1 Å². The smallest absolute Gasteiger partial charge is 0.164 e. The molecule has 0 bridgehead atoms. The molecule has 12 heavy (non-hydrogen) atoms. The predicted molar refractivity (Wildman–Crippen MR) is 37.8 cm³/mol. The van der Waals surface area contributed by atoms with Crippen LogP contribution in [0.2, 0.25) is 0 Å². The molecule has 0 amide bonds. The van der Waals surface area contributed by atoms with E-state index in [1.807, 2.05) is 0 Å². The van der Waals surface area contributed by atoms with E-state index in [1.165, 1.54) is 18.2 Å². The average molecular weight is 167 g/mol. The molecule has 0 heterocycles. The van der Waals surface area contributed by atoms with E-state index >= 15 is 0 Å².